The Bertz CT molecular complexity index is 466. The molecular formula is C10H9NO5. The van der Waals surface area contributed by atoms with E-state index in [2.05, 4.69) is 0 Å². The minimum absolute atomic E-state index is 0.0732. The Morgan fingerprint density at radius 3 is 2.50 bits per heavy atom. The quantitative estimate of drug-likeness (QED) is 0.614. The number of hydrogen-bond donors (Lipinski definition) is 1. The Morgan fingerprint density at radius 2 is 2.06 bits per heavy atom. The van der Waals surface area contributed by atoms with Gasteiger partial charge in [-0.15, -0.1) is 0 Å². The van der Waals surface area contributed by atoms with Gasteiger partial charge < -0.3 is 5.11 Å². The molecule has 0 saturated carbocycles. The number of benzene rings is 1. The predicted molar refractivity (Wildman–Crippen MR) is 54.4 cm³/mol. The van der Waals surface area contributed by atoms with Crippen molar-refractivity contribution in [3.05, 3.63) is 39.4 Å². The van der Waals surface area contributed by atoms with E-state index in [1.165, 1.54) is 19.1 Å². The summed E-state index contributed by atoms with van der Waals surface area (Å²) in [5.41, 5.74) is -0.281. The van der Waals surface area contributed by atoms with Crippen molar-refractivity contribution in [2.45, 2.75) is 13.3 Å². The molecule has 1 aromatic rings. The summed E-state index contributed by atoms with van der Waals surface area (Å²) in [6.07, 6.45) is -0.0732. The third-order valence-electron chi connectivity index (χ3n) is 1.97. The minimum Gasteiger partial charge on any atom is -0.478 e. The van der Waals surface area contributed by atoms with Crippen LogP contribution in [-0.2, 0) is 11.2 Å². The number of carbonyl (C=O) groups is 2. The molecule has 1 aromatic carbocycles. The number of hydrogen-bond acceptors (Lipinski definition) is 4. The highest BCUT2D eigenvalue weighted by atomic mass is 16.6. The normalized spacial score (nSPS) is 9.81. The van der Waals surface area contributed by atoms with Gasteiger partial charge >= 0.3 is 5.97 Å². The van der Waals surface area contributed by atoms with E-state index in [4.69, 9.17) is 5.11 Å². The van der Waals surface area contributed by atoms with Gasteiger partial charge in [0.25, 0.3) is 5.69 Å². The fourth-order valence-corrected chi connectivity index (χ4v) is 1.28. The van der Waals surface area contributed by atoms with E-state index in [1.807, 2.05) is 0 Å². The summed E-state index contributed by atoms with van der Waals surface area (Å²) in [7, 11) is 0. The van der Waals surface area contributed by atoms with Crippen LogP contribution in [0, 0.1) is 10.1 Å². The number of carboxylic acids is 1. The number of aromatic carboxylic acids is 1. The lowest BCUT2D eigenvalue weighted by Crippen LogP contribution is -2.04. The minimum atomic E-state index is -1.24. The molecule has 0 aliphatic heterocycles. The van der Waals surface area contributed by atoms with E-state index in [1.54, 1.807) is 0 Å². The standard InChI is InChI=1S/C10H9NO5/c1-6(12)4-7-2-3-8(10(13)14)5-9(7)11(15)16/h2-3,5H,4H2,1H3,(H,13,14). The number of rotatable bonds is 4. The summed E-state index contributed by atoms with van der Waals surface area (Å²) >= 11 is 0. The van der Waals surface area contributed by atoms with Crippen LogP contribution in [0.2, 0.25) is 0 Å². The highest BCUT2D eigenvalue weighted by Gasteiger charge is 2.17. The summed E-state index contributed by atoms with van der Waals surface area (Å²) in [5.74, 6) is -1.45. The fraction of sp³-hybridized carbons (Fsp3) is 0.200. The molecular weight excluding hydrogens is 214 g/mol. The third-order valence-corrected chi connectivity index (χ3v) is 1.97. The predicted octanol–water partition coefficient (Wildman–Crippen LogP) is 1.42. The van der Waals surface area contributed by atoms with Crippen LogP contribution in [0.1, 0.15) is 22.8 Å². The average molecular weight is 223 g/mol. The van der Waals surface area contributed by atoms with Crippen LogP contribution in [-0.4, -0.2) is 21.8 Å². The maximum Gasteiger partial charge on any atom is 0.335 e. The molecule has 1 N–H and O–H groups in total. The van der Waals surface area contributed by atoms with Crippen molar-refractivity contribution in [2.75, 3.05) is 0 Å². The monoisotopic (exact) mass is 223 g/mol. The van der Waals surface area contributed by atoms with Crippen LogP contribution in [0.15, 0.2) is 18.2 Å². The zero-order valence-electron chi connectivity index (χ0n) is 8.47. The molecule has 0 spiro atoms. The maximum atomic E-state index is 10.9. The molecule has 0 aromatic heterocycles. The maximum absolute atomic E-state index is 10.9. The van der Waals surface area contributed by atoms with E-state index >= 15 is 0 Å². The van der Waals surface area contributed by atoms with E-state index < -0.39 is 10.9 Å². The van der Waals surface area contributed by atoms with E-state index in [9.17, 15) is 19.7 Å². The fourth-order valence-electron chi connectivity index (χ4n) is 1.28. The van der Waals surface area contributed by atoms with Crippen LogP contribution in [0.5, 0.6) is 0 Å². The average Bonchev–Trinajstić information content (AvgIpc) is 2.16. The Morgan fingerprint density at radius 1 is 1.44 bits per heavy atom. The largest absolute Gasteiger partial charge is 0.478 e. The van der Waals surface area contributed by atoms with Gasteiger partial charge in [-0.25, -0.2) is 4.79 Å². The van der Waals surface area contributed by atoms with Crippen molar-refractivity contribution in [3.8, 4) is 0 Å². The van der Waals surface area contributed by atoms with Crippen molar-refractivity contribution < 1.29 is 19.6 Å². The number of carboxylic acid groups (broad SMARTS) is 1. The van der Waals surface area contributed by atoms with Crippen molar-refractivity contribution in [1.82, 2.24) is 0 Å². The molecule has 1 rings (SSSR count). The molecule has 84 valence electrons. The summed E-state index contributed by atoms with van der Waals surface area (Å²) in [4.78, 5) is 31.5. The first-order valence-corrected chi connectivity index (χ1v) is 4.42. The number of nitrogens with zero attached hydrogens (tertiary/aromatic N) is 1. The SMILES string of the molecule is CC(=O)Cc1ccc(C(=O)O)cc1[N+](=O)[O-]. The van der Waals surface area contributed by atoms with Crippen molar-refractivity contribution in [2.24, 2.45) is 0 Å². The number of nitro benzene ring substituents is 1. The first-order valence-electron chi connectivity index (χ1n) is 4.42. The van der Waals surface area contributed by atoms with Crippen LogP contribution < -0.4 is 0 Å². The highest BCUT2D eigenvalue weighted by Crippen LogP contribution is 2.21. The number of nitro groups is 1. The Hall–Kier alpha value is -2.24. The van der Waals surface area contributed by atoms with Crippen LogP contribution >= 0.6 is 0 Å². The van der Waals surface area contributed by atoms with E-state index in [-0.39, 0.29) is 29.0 Å². The summed E-state index contributed by atoms with van der Waals surface area (Å²) < 4.78 is 0. The third kappa shape index (κ3) is 2.63. The molecule has 0 aliphatic carbocycles. The Balaban J connectivity index is 3.24. The molecule has 0 saturated heterocycles. The molecule has 0 unspecified atom stereocenters. The van der Waals surface area contributed by atoms with Gasteiger partial charge in [0.2, 0.25) is 0 Å². The molecule has 16 heavy (non-hydrogen) atoms. The molecule has 0 atom stereocenters. The lowest BCUT2D eigenvalue weighted by atomic mass is 10.0. The van der Waals surface area contributed by atoms with E-state index in [0.717, 1.165) is 6.07 Å². The topological polar surface area (TPSA) is 97.5 Å². The number of ketones is 1. The number of Topliss-reactive ketones (excluding diaryl/α,β-unsaturated/α-hetero) is 1. The van der Waals surface area contributed by atoms with Crippen molar-refractivity contribution in [1.29, 1.82) is 0 Å². The summed E-state index contributed by atoms with van der Waals surface area (Å²) in [6.45, 7) is 1.31. The first kappa shape index (κ1) is 11.8. The van der Waals surface area contributed by atoms with Crippen LogP contribution in [0.4, 0.5) is 5.69 Å². The van der Waals surface area contributed by atoms with Crippen molar-refractivity contribution in [3.63, 3.8) is 0 Å². The van der Waals surface area contributed by atoms with Gasteiger partial charge in [0.05, 0.1) is 10.5 Å². The second-order valence-electron chi connectivity index (χ2n) is 3.28. The smallest absolute Gasteiger partial charge is 0.335 e. The molecule has 0 fully saturated rings. The summed E-state index contributed by atoms with van der Waals surface area (Å²) in [6, 6.07) is 3.50. The Labute approximate surface area is 90.7 Å². The lowest BCUT2D eigenvalue weighted by molar-refractivity contribution is -0.385. The van der Waals surface area contributed by atoms with Gasteiger partial charge in [-0.05, 0) is 13.0 Å². The van der Waals surface area contributed by atoms with Crippen LogP contribution in [0.25, 0.3) is 0 Å². The first-order chi connectivity index (χ1) is 7.41. The highest BCUT2D eigenvalue weighted by molar-refractivity contribution is 5.89. The molecule has 0 aliphatic rings. The van der Waals surface area contributed by atoms with Gasteiger partial charge in [0.1, 0.15) is 5.78 Å². The van der Waals surface area contributed by atoms with Gasteiger partial charge in [0.15, 0.2) is 0 Å². The zero-order valence-corrected chi connectivity index (χ0v) is 8.47. The molecule has 0 radical (unpaired) electrons. The van der Waals surface area contributed by atoms with Gasteiger partial charge in [0, 0.05) is 18.1 Å². The lowest BCUT2D eigenvalue weighted by Gasteiger charge is -2.01. The zero-order chi connectivity index (χ0) is 12.3. The second kappa shape index (κ2) is 4.52. The number of carbonyl (C=O) groups excluding carboxylic acids is 1. The van der Waals surface area contributed by atoms with Crippen LogP contribution in [0.3, 0.4) is 0 Å². The molecule has 0 heterocycles. The molecule has 6 nitrogen and oxygen atoms in total. The second-order valence-corrected chi connectivity index (χ2v) is 3.28. The van der Waals surface area contributed by atoms with Gasteiger partial charge in [-0.2, -0.15) is 0 Å². The molecule has 6 heteroatoms. The Kier molecular flexibility index (Phi) is 3.34. The molecule has 0 bridgehead atoms. The summed E-state index contributed by atoms with van der Waals surface area (Å²) in [5, 5.41) is 19.4. The van der Waals surface area contributed by atoms with Gasteiger partial charge in [-0.3, -0.25) is 14.9 Å². The van der Waals surface area contributed by atoms with E-state index in [0.29, 0.717) is 0 Å². The van der Waals surface area contributed by atoms with Gasteiger partial charge in [-0.1, -0.05) is 6.07 Å². The molecule has 0 amide bonds. The van der Waals surface area contributed by atoms with Crippen molar-refractivity contribution >= 4 is 17.4 Å².